The maximum Gasteiger partial charge on any atom is 0.246 e. The minimum Gasteiger partial charge on any atom is -0.457 e. The minimum absolute atomic E-state index is 0.0975. The van der Waals surface area contributed by atoms with E-state index in [9.17, 15) is 14.9 Å². The van der Waals surface area contributed by atoms with Gasteiger partial charge >= 0.3 is 0 Å². The first-order chi connectivity index (χ1) is 14.1. The number of nitrogens with one attached hydrogen (secondary N) is 2. The second-order valence-corrected chi connectivity index (χ2v) is 6.89. The van der Waals surface area contributed by atoms with Crippen molar-refractivity contribution in [2.24, 2.45) is 0 Å². The van der Waals surface area contributed by atoms with Gasteiger partial charge < -0.3 is 19.9 Å². The van der Waals surface area contributed by atoms with Crippen molar-refractivity contribution in [1.29, 1.82) is 5.26 Å². The molecule has 1 fully saturated rings. The Morgan fingerprint density at radius 2 is 2.03 bits per heavy atom. The number of rotatable bonds is 5. The first-order valence-electron chi connectivity index (χ1n) is 9.48. The summed E-state index contributed by atoms with van der Waals surface area (Å²) in [5.41, 5.74) is 2.24. The number of aryl methyl sites for hydroxylation is 1. The summed E-state index contributed by atoms with van der Waals surface area (Å²) in [6.07, 6.45) is 2.74. The Bertz CT molecular complexity index is 1130. The fourth-order valence-corrected chi connectivity index (χ4v) is 3.47. The molecular weight excluding hydrogens is 368 g/mol. The maximum absolute atomic E-state index is 12.2. The Kier molecular flexibility index (Phi) is 4.92. The van der Waals surface area contributed by atoms with Crippen LogP contribution >= 0.6 is 0 Å². The molecule has 0 aliphatic carbocycles. The second kappa shape index (κ2) is 7.68. The Hall–Kier alpha value is -3.79. The highest BCUT2D eigenvalue weighted by Crippen LogP contribution is 2.29. The normalized spacial score (nSPS) is 15.7. The topological polar surface area (TPSA) is 96.2 Å². The van der Waals surface area contributed by atoms with E-state index >= 15 is 0 Å². The molecule has 2 aromatic carbocycles. The number of nitrogens with zero attached hydrogens (tertiary/aromatic N) is 2. The lowest BCUT2D eigenvalue weighted by Gasteiger charge is -2.12. The molecular formula is C22H20N4O3. The van der Waals surface area contributed by atoms with Gasteiger partial charge in [-0.3, -0.25) is 9.59 Å². The summed E-state index contributed by atoms with van der Waals surface area (Å²) < 4.78 is 7.94. The van der Waals surface area contributed by atoms with Crippen LogP contribution in [0.25, 0.3) is 10.9 Å². The number of fused-ring (bicyclic) bond motifs is 1. The third-order valence-corrected chi connectivity index (χ3v) is 4.98. The molecule has 1 aromatic heterocycles. The third kappa shape index (κ3) is 3.78. The van der Waals surface area contributed by atoms with Gasteiger partial charge in [-0.25, -0.2) is 0 Å². The lowest BCUT2D eigenvalue weighted by molar-refractivity contribution is -0.122. The SMILES string of the molecule is CCn1cc(C#N)c2cc(Oc3ccc(NC(=O)[C@@H]4CCC(=O)N4)cc3)ccc21. The Morgan fingerprint density at radius 1 is 1.28 bits per heavy atom. The molecule has 2 N–H and O–H groups in total. The smallest absolute Gasteiger partial charge is 0.246 e. The van der Waals surface area contributed by atoms with Crippen molar-refractivity contribution < 1.29 is 14.3 Å². The van der Waals surface area contributed by atoms with Crippen molar-refractivity contribution >= 4 is 28.4 Å². The molecule has 2 amide bonds. The average Bonchev–Trinajstić information content (AvgIpc) is 3.32. The average molecular weight is 388 g/mol. The van der Waals surface area contributed by atoms with Crippen LogP contribution < -0.4 is 15.4 Å². The van der Waals surface area contributed by atoms with Gasteiger partial charge in [-0.05, 0) is 55.8 Å². The van der Waals surface area contributed by atoms with Gasteiger partial charge in [0, 0.05) is 35.8 Å². The fraction of sp³-hybridized carbons (Fsp3) is 0.227. The van der Waals surface area contributed by atoms with Gasteiger partial charge in [-0.15, -0.1) is 0 Å². The molecule has 29 heavy (non-hydrogen) atoms. The van der Waals surface area contributed by atoms with Crippen molar-refractivity contribution in [3.05, 3.63) is 54.2 Å². The minimum atomic E-state index is -0.477. The van der Waals surface area contributed by atoms with E-state index in [0.29, 0.717) is 35.6 Å². The zero-order valence-corrected chi connectivity index (χ0v) is 15.9. The highest BCUT2D eigenvalue weighted by molar-refractivity contribution is 5.99. The molecule has 1 aliphatic rings. The maximum atomic E-state index is 12.2. The van der Waals surface area contributed by atoms with E-state index in [1.807, 2.05) is 35.9 Å². The van der Waals surface area contributed by atoms with Gasteiger partial charge in [0.1, 0.15) is 23.6 Å². The van der Waals surface area contributed by atoms with Crippen LogP contribution in [0.15, 0.2) is 48.7 Å². The molecule has 1 atom stereocenters. The molecule has 1 saturated heterocycles. The fourth-order valence-electron chi connectivity index (χ4n) is 3.47. The van der Waals surface area contributed by atoms with Crippen molar-refractivity contribution in [3.8, 4) is 17.6 Å². The monoisotopic (exact) mass is 388 g/mol. The summed E-state index contributed by atoms with van der Waals surface area (Å²) in [4.78, 5) is 23.4. The number of ether oxygens (including phenoxy) is 1. The molecule has 0 spiro atoms. The number of hydrogen-bond acceptors (Lipinski definition) is 4. The number of carbonyl (C=O) groups excluding carboxylic acids is 2. The summed E-state index contributed by atoms with van der Waals surface area (Å²) in [6, 6.07) is 14.4. The predicted molar refractivity (Wildman–Crippen MR) is 109 cm³/mol. The molecule has 7 heteroatoms. The highest BCUT2D eigenvalue weighted by Gasteiger charge is 2.27. The van der Waals surface area contributed by atoms with Crippen molar-refractivity contribution in [3.63, 3.8) is 0 Å². The number of nitriles is 1. The van der Waals surface area contributed by atoms with Crippen molar-refractivity contribution in [2.45, 2.75) is 32.4 Å². The zero-order valence-electron chi connectivity index (χ0n) is 15.9. The first kappa shape index (κ1) is 18.6. The lowest BCUT2D eigenvalue weighted by atomic mass is 10.2. The van der Waals surface area contributed by atoms with Crippen LogP contribution in [0.1, 0.15) is 25.3 Å². The summed E-state index contributed by atoms with van der Waals surface area (Å²) in [6.45, 7) is 2.82. The Labute approximate surface area is 167 Å². The lowest BCUT2D eigenvalue weighted by Crippen LogP contribution is -2.37. The summed E-state index contributed by atoms with van der Waals surface area (Å²) >= 11 is 0. The molecule has 1 aliphatic heterocycles. The van der Waals surface area contributed by atoms with Crippen molar-refractivity contribution in [2.75, 3.05) is 5.32 Å². The molecule has 146 valence electrons. The summed E-state index contributed by atoms with van der Waals surface area (Å²) in [7, 11) is 0. The molecule has 0 radical (unpaired) electrons. The predicted octanol–water partition coefficient (Wildman–Crippen LogP) is 3.54. The number of aromatic nitrogens is 1. The van der Waals surface area contributed by atoms with E-state index in [0.717, 1.165) is 17.4 Å². The van der Waals surface area contributed by atoms with E-state index in [-0.39, 0.29) is 11.8 Å². The van der Waals surface area contributed by atoms with E-state index in [4.69, 9.17) is 4.74 Å². The van der Waals surface area contributed by atoms with Crippen LogP contribution in [0.3, 0.4) is 0 Å². The van der Waals surface area contributed by atoms with Crippen LogP contribution in [0.2, 0.25) is 0 Å². The Balaban J connectivity index is 1.47. The third-order valence-electron chi connectivity index (χ3n) is 4.98. The van der Waals surface area contributed by atoms with Gasteiger partial charge in [-0.1, -0.05) is 0 Å². The second-order valence-electron chi connectivity index (χ2n) is 6.89. The van der Waals surface area contributed by atoms with Crippen molar-refractivity contribution in [1.82, 2.24) is 9.88 Å². The quantitative estimate of drug-likeness (QED) is 0.699. The number of hydrogen-bond donors (Lipinski definition) is 2. The largest absolute Gasteiger partial charge is 0.457 e. The van der Waals surface area contributed by atoms with Gasteiger partial charge in [0.05, 0.1) is 5.56 Å². The summed E-state index contributed by atoms with van der Waals surface area (Å²) in [5, 5.41) is 15.7. The molecule has 0 saturated carbocycles. The van der Waals surface area contributed by atoms with E-state index in [1.54, 1.807) is 24.3 Å². The van der Waals surface area contributed by atoms with Crippen LogP contribution in [0.5, 0.6) is 11.5 Å². The van der Waals surface area contributed by atoms with E-state index in [1.165, 1.54) is 0 Å². The van der Waals surface area contributed by atoms with E-state index < -0.39 is 6.04 Å². The van der Waals surface area contributed by atoms with E-state index in [2.05, 4.69) is 16.7 Å². The van der Waals surface area contributed by atoms with Gasteiger partial charge in [0.2, 0.25) is 11.8 Å². The van der Waals surface area contributed by atoms with Gasteiger partial charge in [0.15, 0.2) is 0 Å². The standard InChI is InChI=1S/C22H20N4O3/c1-2-26-13-14(12-23)18-11-17(7-9-20(18)26)29-16-5-3-15(4-6-16)24-22(28)19-8-10-21(27)25-19/h3-7,9,11,13,19H,2,8,10H2,1H3,(H,24,28)(H,25,27)/t19-/m0/s1. The molecule has 7 nitrogen and oxygen atoms in total. The molecule has 2 heterocycles. The van der Waals surface area contributed by atoms with Crippen LogP contribution in [0, 0.1) is 11.3 Å². The molecule has 0 bridgehead atoms. The van der Waals surface area contributed by atoms with Crippen LogP contribution in [0.4, 0.5) is 5.69 Å². The number of carbonyl (C=O) groups is 2. The number of amides is 2. The van der Waals surface area contributed by atoms with Gasteiger partial charge in [-0.2, -0.15) is 5.26 Å². The zero-order chi connectivity index (χ0) is 20.4. The molecule has 4 rings (SSSR count). The molecule has 0 unspecified atom stereocenters. The molecule has 3 aromatic rings. The number of anilines is 1. The van der Waals surface area contributed by atoms with Gasteiger partial charge in [0.25, 0.3) is 0 Å². The number of benzene rings is 2. The van der Waals surface area contributed by atoms with Crippen LogP contribution in [-0.2, 0) is 16.1 Å². The Morgan fingerprint density at radius 3 is 2.69 bits per heavy atom. The van der Waals surface area contributed by atoms with Crippen LogP contribution in [-0.4, -0.2) is 22.4 Å². The summed E-state index contributed by atoms with van der Waals surface area (Å²) in [5.74, 6) is 0.928. The highest BCUT2D eigenvalue weighted by atomic mass is 16.5. The first-order valence-corrected chi connectivity index (χ1v) is 9.48.